The van der Waals surface area contributed by atoms with Crippen LogP contribution in [0.4, 0.5) is 0 Å². The summed E-state index contributed by atoms with van der Waals surface area (Å²) in [5, 5.41) is 3.01. The van der Waals surface area contributed by atoms with Gasteiger partial charge in [0.15, 0.2) is 0 Å². The Balaban J connectivity index is 2.09. The number of carbonyl (C=O) groups is 2. The van der Waals surface area contributed by atoms with Gasteiger partial charge in [0, 0.05) is 22.8 Å². The van der Waals surface area contributed by atoms with E-state index in [1.54, 1.807) is 16.7 Å². The zero-order valence-corrected chi connectivity index (χ0v) is 21.5. The zero-order chi connectivity index (χ0) is 23.0. The number of hydrogen-bond acceptors (Lipinski definition) is 3. The van der Waals surface area contributed by atoms with Crippen LogP contribution in [-0.2, 0) is 21.9 Å². The molecule has 168 valence electrons. The quantitative estimate of drug-likeness (QED) is 0.455. The van der Waals surface area contributed by atoms with Gasteiger partial charge in [0.25, 0.3) is 0 Å². The molecule has 0 unspecified atom stereocenters. The highest BCUT2D eigenvalue weighted by molar-refractivity contribution is 9.10. The maximum absolute atomic E-state index is 13.2. The molecule has 0 bridgehead atoms. The molecule has 2 aromatic rings. The van der Waals surface area contributed by atoms with Crippen LogP contribution in [0.5, 0.6) is 0 Å². The largest absolute Gasteiger partial charge is 0.352 e. The van der Waals surface area contributed by atoms with Gasteiger partial charge >= 0.3 is 0 Å². The van der Waals surface area contributed by atoms with Crippen LogP contribution in [0.3, 0.4) is 0 Å². The van der Waals surface area contributed by atoms with Crippen molar-refractivity contribution in [3.8, 4) is 0 Å². The molecule has 6 heteroatoms. The molecule has 0 aliphatic carbocycles. The van der Waals surface area contributed by atoms with Crippen LogP contribution in [0, 0.1) is 13.8 Å². The van der Waals surface area contributed by atoms with Crippen LogP contribution in [0.1, 0.15) is 49.4 Å². The molecule has 0 heterocycles. The summed E-state index contributed by atoms with van der Waals surface area (Å²) in [5.74, 6) is 0.965. The van der Waals surface area contributed by atoms with Gasteiger partial charge in [-0.3, -0.25) is 9.59 Å². The lowest BCUT2D eigenvalue weighted by atomic mass is 10.1. The Hall–Kier alpha value is -1.79. The number of hydrogen-bond donors (Lipinski definition) is 1. The zero-order valence-electron chi connectivity index (χ0n) is 19.1. The number of nitrogens with zero attached hydrogens (tertiary/aromatic N) is 1. The van der Waals surface area contributed by atoms with Gasteiger partial charge in [0.2, 0.25) is 11.8 Å². The number of amides is 2. The Kier molecular flexibility index (Phi) is 10.1. The van der Waals surface area contributed by atoms with Gasteiger partial charge in [-0.1, -0.05) is 64.3 Å². The van der Waals surface area contributed by atoms with E-state index >= 15 is 0 Å². The highest BCUT2D eigenvalue weighted by Gasteiger charge is 2.26. The highest BCUT2D eigenvalue weighted by atomic mass is 79.9. The van der Waals surface area contributed by atoms with Gasteiger partial charge in [0.1, 0.15) is 6.04 Å². The van der Waals surface area contributed by atoms with Gasteiger partial charge in [0.05, 0.1) is 5.75 Å². The highest BCUT2D eigenvalue weighted by Crippen LogP contribution is 2.19. The molecule has 4 nitrogen and oxygen atoms in total. The van der Waals surface area contributed by atoms with Crippen molar-refractivity contribution in [2.45, 2.75) is 65.4 Å². The lowest BCUT2D eigenvalue weighted by Crippen LogP contribution is -2.50. The Morgan fingerprint density at radius 1 is 1.06 bits per heavy atom. The summed E-state index contributed by atoms with van der Waals surface area (Å²) >= 11 is 5.08. The molecule has 2 amide bonds. The van der Waals surface area contributed by atoms with E-state index in [1.165, 1.54) is 16.7 Å². The first kappa shape index (κ1) is 25.5. The van der Waals surface area contributed by atoms with Gasteiger partial charge in [-0.05, 0) is 57.4 Å². The van der Waals surface area contributed by atoms with Crippen molar-refractivity contribution >= 4 is 39.5 Å². The summed E-state index contributed by atoms with van der Waals surface area (Å²) < 4.78 is 0.957. The van der Waals surface area contributed by atoms with Crippen molar-refractivity contribution in [3.05, 3.63) is 69.2 Å². The predicted molar refractivity (Wildman–Crippen MR) is 134 cm³/mol. The third-order valence-electron chi connectivity index (χ3n) is 5.19. The average molecular weight is 506 g/mol. The molecule has 2 aromatic carbocycles. The molecule has 2 atom stereocenters. The summed E-state index contributed by atoms with van der Waals surface area (Å²) in [6.07, 6.45) is 0.851. The topological polar surface area (TPSA) is 49.4 Å². The van der Waals surface area contributed by atoms with Crippen LogP contribution >= 0.6 is 27.7 Å². The van der Waals surface area contributed by atoms with Gasteiger partial charge in [-0.2, -0.15) is 0 Å². The number of thioether (sulfide) groups is 1. The van der Waals surface area contributed by atoms with Crippen molar-refractivity contribution in [1.29, 1.82) is 0 Å². The molecule has 2 rings (SSSR count). The Bertz CT molecular complexity index is 883. The van der Waals surface area contributed by atoms with Crippen molar-refractivity contribution in [1.82, 2.24) is 10.2 Å². The fourth-order valence-corrected chi connectivity index (χ4v) is 4.66. The second-order valence-electron chi connectivity index (χ2n) is 8.13. The van der Waals surface area contributed by atoms with Crippen LogP contribution in [0.2, 0.25) is 0 Å². The maximum atomic E-state index is 13.2. The van der Waals surface area contributed by atoms with Crippen molar-refractivity contribution < 1.29 is 9.59 Å². The molecule has 1 N–H and O–H groups in total. The number of nitrogens with one attached hydrogen (secondary N) is 1. The number of carbonyl (C=O) groups excluding carboxylic acids is 2. The number of halogens is 1. The fraction of sp³-hybridized carbons (Fsp3) is 0.440. The van der Waals surface area contributed by atoms with Crippen LogP contribution in [0.25, 0.3) is 0 Å². The first-order chi connectivity index (χ1) is 14.7. The summed E-state index contributed by atoms with van der Waals surface area (Å²) in [6, 6.07) is 13.9. The van der Waals surface area contributed by atoms with E-state index in [-0.39, 0.29) is 17.9 Å². The van der Waals surface area contributed by atoms with Crippen molar-refractivity contribution in [3.63, 3.8) is 0 Å². The van der Waals surface area contributed by atoms with Crippen LogP contribution < -0.4 is 5.32 Å². The molecule has 0 spiro atoms. The number of rotatable bonds is 10. The minimum absolute atomic E-state index is 0.0267. The molecule has 0 aromatic heterocycles. The van der Waals surface area contributed by atoms with Gasteiger partial charge in [-0.15, -0.1) is 11.8 Å². The Morgan fingerprint density at radius 2 is 1.74 bits per heavy atom. The Labute approximate surface area is 199 Å². The second kappa shape index (κ2) is 12.3. The Morgan fingerprint density at radius 3 is 2.35 bits per heavy atom. The summed E-state index contributed by atoms with van der Waals surface area (Å²) in [5.41, 5.74) is 4.67. The number of benzene rings is 2. The van der Waals surface area contributed by atoms with Crippen LogP contribution in [-0.4, -0.2) is 34.6 Å². The van der Waals surface area contributed by atoms with E-state index in [0.717, 1.165) is 22.2 Å². The monoisotopic (exact) mass is 504 g/mol. The normalized spacial score (nSPS) is 12.8. The van der Waals surface area contributed by atoms with Crippen molar-refractivity contribution in [2.24, 2.45) is 0 Å². The second-order valence-corrected chi connectivity index (χ2v) is 10.0. The van der Waals surface area contributed by atoms with E-state index in [4.69, 9.17) is 0 Å². The first-order valence-electron chi connectivity index (χ1n) is 10.7. The third-order valence-corrected chi connectivity index (χ3v) is 6.67. The maximum Gasteiger partial charge on any atom is 0.242 e. The van der Waals surface area contributed by atoms with Gasteiger partial charge in [-0.25, -0.2) is 0 Å². The fourth-order valence-electron chi connectivity index (χ4n) is 3.37. The van der Waals surface area contributed by atoms with E-state index in [2.05, 4.69) is 53.3 Å². The van der Waals surface area contributed by atoms with E-state index in [9.17, 15) is 9.59 Å². The molecule has 0 fully saturated rings. The molecular weight excluding hydrogens is 472 g/mol. The standard InChI is InChI=1S/C25H33BrN2O2S/c1-6-19(4)27-25(30)20(5)28(14-21-8-7-9-23(26)13-21)24(29)16-31-15-22-11-17(2)10-18(3)12-22/h7-13,19-20H,6,14-16H2,1-5H3,(H,27,30)/t19-,20+/m0/s1. The SMILES string of the molecule is CC[C@H](C)NC(=O)[C@@H](C)N(Cc1cccc(Br)c1)C(=O)CSCc1cc(C)cc(C)c1. The molecule has 0 saturated heterocycles. The minimum Gasteiger partial charge on any atom is -0.352 e. The molecule has 0 saturated carbocycles. The minimum atomic E-state index is -0.540. The lowest BCUT2D eigenvalue weighted by Gasteiger charge is -2.29. The van der Waals surface area contributed by atoms with Crippen molar-refractivity contribution in [2.75, 3.05) is 5.75 Å². The molecule has 31 heavy (non-hydrogen) atoms. The third kappa shape index (κ3) is 8.34. The van der Waals surface area contributed by atoms with E-state index in [0.29, 0.717) is 12.3 Å². The summed E-state index contributed by atoms with van der Waals surface area (Å²) in [6.45, 7) is 10.4. The van der Waals surface area contributed by atoms with Gasteiger partial charge < -0.3 is 10.2 Å². The molecular formula is C25H33BrN2O2S. The summed E-state index contributed by atoms with van der Waals surface area (Å²) in [7, 11) is 0. The lowest BCUT2D eigenvalue weighted by molar-refractivity contribution is -0.138. The first-order valence-corrected chi connectivity index (χ1v) is 12.6. The molecule has 0 aliphatic heterocycles. The number of aryl methyl sites for hydroxylation is 2. The molecule has 0 aliphatic rings. The average Bonchev–Trinajstić information content (AvgIpc) is 2.70. The van der Waals surface area contributed by atoms with E-state index in [1.807, 2.05) is 45.0 Å². The predicted octanol–water partition coefficient (Wildman–Crippen LogP) is 5.63. The summed E-state index contributed by atoms with van der Waals surface area (Å²) in [4.78, 5) is 27.6. The van der Waals surface area contributed by atoms with E-state index < -0.39 is 6.04 Å². The molecule has 0 radical (unpaired) electrons. The smallest absolute Gasteiger partial charge is 0.242 e. The van der Waals surface area contributed by atoms with Crippen LogP contribution in [0.15, 0.2) is 46.9 Å².